The number of ketones is 1. The molecule has 1 aliphatic rings. The number of amides is 2. The molecule has 1 N–H and O–H groups in total. The number of carbonyl (C=O) groups excluding carboxylic acids is 3. The third-order valence-electron chi connectivity index (χ3n) is 5.76. The summed E-state index contributed by atoms with van der Waals surface area (Å²) in [5.74, 6) is -1.43. The Hall–Kier alpha value is -3.07. The van der Waals surface area contributed by atoms with Crippen molar-refractivity contribution in [2.45, 2.75) is 45.6 Å². The second-order valence-electron chi connectivity index (χ2n) is 8.03. The van der Waals surface area contributed by atoms with Crippen molar-refractivity contribution < 1.29 is 23.2 Å². The maximum atomic E-state index is 14.2. The summed E-state index contributed by atoms with van der Waals surface area (Å²) in [4.78, 5) is 39.7. The number of hydrogen-bond donors (Lipinski definition) is 1. The van der Waals surface area contributed by atoms with E-state index in [1.54, 1.807) is 35.9 Å². The molecule has 0 radical (unpaired) electrons. The number of halogens is 2. The predicted octanol–water partition coefficient (Wildman–Crippen LogP) is 3.61. The van der Waals surface area contributed by atoms with E-state index in [1.807, 2.05) is 11.4 Å². The maximum absolute atomic E-state index is 14.2. The zero-order valence-corrected chi connectivity index (χ0v) is 18.5. The summed E-state index contributed by atoms with van der Waals surface area (Å²) >= 11 is 1.40. The minimum atomic E-state index is -1.32. The summed E-state index contributed by atoms with van der Waals surface area (Å²) in [6.07, 6.45) is 0.205. The number of benzene rings is 1. The topological polar surface area (TPSA) is 71.4 Å². The van der Waals surface area contributed by atoms with E-state index in [0.29, 0.717) is 16.7 Å². The fourth-order valence-electron chi connectivity index (χ4n) is 4.10. The fourth-order valence-corrected chi connectivity index (χ4v) is 4.99. The lowest BCUT2D eigenvalue weighted by atomic mass is 10.1. The molecule has 3 aromatic rings. The summed E-state index contributed by atoms with van der Waals surface area (Å²) < 4.78 is 30.1. The van der Waals surface area contributed by atoms with Crippen LogP contribution in [0.3, 0.4) is 0 Å². The van der Waals surface area contributed by atoms with Crippen LogP contribution in [-0.2, 0) is 22.7 Å². The zero-order valence-electron chi connectivity index (χ0n) is 17.7. The summed E-state index contributed by atoms with van der Waals surface area (Å²) in [6.45, 7) is 2.77. The van der Waals surface area contributed by atoms with Crippen molar-refractivity contribution in [1.82, 2.24) is 14.8 Å². The quantitative estimate of drug-likeness (QED) is 0.573. The van der Waals surface area contributed by atoms with E-state index in [0.717, 1.165) is 10.2 Å². The van der Waals surface area contributed by atoms with Gasteiger partial charge in [-0.15, -0.1) is 11.3 Å². The van der Waals surface area contributed by atoms with Gasteiger partial charge in [-0.05, 0) is 30.9 Å². The Bertz CT molecular complexity index is 1200. The van der Waals surface area contributed by atoms with E-state index in [-0.39, 0.29) is 31.8 Å². The zero-order chi connectivity index (χ0) is 23.0. The monoisotopic (exact) mass is 459 g/mol. The van der Waals surface area contributed by atoms with Crippen LogP contribution in [0.5, 0.6) is 0 Å². The van der Waals surface area contributed by atoms with Crippen molar-refractivity contribution in [1.29, 1.82) is 0 Å². The molecule has 1 saturated heterocycles. The van der Waals surface area contributed by atoms with Gasteiger partial charge in [0.05, 0.1) is 6.54 Å². The van der Waals surface area contributed by atoms with E-state index < -0.39 is 29.8 Å². The number of hydrogen-bond acceptors (Lipinski definition) is 4. The minimum absolute atomic E-state index is 0.0444. The molecule has 2 amide bonds. The molecule has 3 heterocycles. The van der Waals surface area contributed by atoms with Crippen molar-refractivity contribution in [2.75, 3.05) is 6.54 Å². The summed E-state index contributed by atoms with van der Waals surface area (Å²) in [6, 6.07) is 5.76. The van der Waals surface area contributed by atoms with Gasteiger partial charge in [-0.25, -0.2) is 8.78 Å². The average molecular weight is 460 g/mol. The first kappa shape index (κ1) is 22.1. The molecule has 6 nitrogen and oxygen atoms in total. The Balaban J connectivity index is 1.48. The molecule has 0 aliphatic carbocycles. The van der Waals surface area contributed by atoms with Crippen LogP contribution in [0.2, 0.25) is 0 Å². The van der Waals surface area contributed by atoms with E-state index in [2.05, 4.69) is 5.32 Å². The number of thiophene rings is 1. The van der Waals surface area contributed by atoms with Gasteiger partial charge in [0.1, 0.15) is 29.4 Å². The van der Waals surface area contributed by atoms with Gasteiger partial charge in [-0.1, -0.05) is 18.2 Å². The first-order chi connectivity index (χ1) is 15.3. The Morgan fingerprint density at radius 3 is 2.78 bits per heavy atom. The van der Waals surface area contributed by atoms with Crippen LogP contribution in [-0.4, -0.2) is 45.8 Å². The molecule has 0 bridgehead atoms. The van der Waals surface area contributed by atoms with Crippen LogP contribution in [0.15, 0.2) is 35.8 Å². The molecule has 1 fully saturated rings. The predicted molar refractivity (Wildman–Crippen MR) is 118 cm³/mol. The molecule has 2 atom stereocenters. The molecule has 0 unspecified atom stereocenters. The Morgan fingerprint density at radius 1 is 1.25 bits per heavy atom. The van der Waals surface area contributed by atoms with Gasteiger partial charge >= 0.3 is 0 Å². The van der Waals surface area contributed by atoms with Gasteiger partial charge in [-0.2, -0.15) is 0 Å². The second kappa shape index (κ2) is 8.82. The summed E-state index contributed by atoms with van der Waals surface area (Å²) in [7, 11) is 0. The summed E-state index contributed by atoms with van der Waals surface area (Å²) in [5.41, 5.74) is 1.32. The number of carbonyl (C=O) groups is 3. The van der Waals surface area contributed by atoms with E-state index in [1.165, 1.54) is 23.2 Å². The van der Waals surface area contributed by atoms with Gasteiger partial charge in [0, 0.05) is 35.7 Å². The second-order valence-corrected chi connectivity index (χ2v) is 8.92. The third kappa shape index (κ3) is 4.17. The molecule has 0 spiro atoms. The fraction of sp³-hybridized carbons (Fsp3) is 0.348. The molecule has 2 aromatic heterocycles. The molecule has 168 valence electrons. The number of aromatic nitrogens is 1. The van der Waals surface area contributed by atoms with Crippen molar-refractivity contribution in [2.24, 2.45) is 0 Å². The van der Waals surface area contributed by atoms with Crippen LogP contribution in [0.25, 0.3) is 10.2 Å². The molecule has 9 heteroatoms. The number of rotatable bonds is 6. The molecule has 1 aromatic carbocycles. The maximum Gasteiger partial charge on any atom is 0.243 e. The number of aryl methyl sites for hydroxylation is 1. The molecular formula is C23H23F2N3O3S. The number of nitrogens with zero attached hydrogens (tertiary/aromatic N) is 2. The Labute approximate surface area is 187 Å². The van der Waals surface area contributed by atoms with E-state index in [9.17, 15) is 23.2 Å². The first-order valence-electron chi connectivity index (χ1n) is 10.3. The molecular weight excluding hydrogens is 436 g/mol. The minimum Gasteiger partial charge on any atom is -0.350 e. The number of likely N-dealkylation sites (tertiary alicyclic amines) is 1. The van der Waals surface area contributed by atoms with Crippen LogP contribution >= 0.6 is 11.3 Å². The van der Waals surface area contributed by atoms with Gasteiger partial charge in [0.15, 0.2) is 5.78 Å². The summed E-state index contributed by atoms with van der Waals surface area (Å²) in [5, 5.41) is 5.25. The SMILES string of the molecule is CC(=O)c1cn(CC(=O)N2C[C@H](F)C[C@H]2C(=O)NCc2cccc(C)c2F)c2sccc12. The van der Waals surface area contributed by atoms with Gasteiger partial charge in [0.25, 0.3) is 0 Å². The lowest BCUT2D eigenvalue weighted by molar-refractivity contribution is -0.139. The van der Waals surface area contributed by atoms with Crippen molar-refractivity contribution in [3.05, 3.63) is 58.3 Å². The molecule has 4 rings (SSSR count). The smallest absolute Gasteiger partial charge is 0.243 e. The number of Topliss-reactive ketones (excluding diaryl/α,β-unsaturated/α-hetero) is 1. The van der Waals surface area contributed by atoms with Gasteiger partial charge < -0.3 is 14.8 Å². The molecule has 1 aliphatic heterocycles. The highest BCUT2D eigenvalue weighted by Gasteiger charge is 2.39. The van der Waals surface area contributed by atoms with Gasteiger partial charge in [-0.3, -0.25) is 14.4 Å². The van der Waals surface area contributed by atoms with E-state index >= 15 is 0 Å². The third-order valence-corrected chi connectivity index (χ3v) is 6.71. The number of alkyl halides is 1. The highest BCUT2D eigenvalue weighted by molar-refractivity contribution is 7.16. The highest BCUT2D eigenvalue weighted by Crippen LogP contribution is 2.28. The molecule has 0 saturated carbocycles. The normalized spacial score (nSPS) is 18.3. The first-order valence-corrected chi connectivity index (χ1v) is 11.2. The lowest BCUT2D eigenvalue weighted by Crippen LogP contribution is -2.46. The Kier molecular flexibility index (Phi) is 6.10. The van der Waals surface area contributed by atoms with E-state index in [4.69, 9.17) is 0 Å². The van der Waals surface area contributed by atoms with Crippen molar-refractivity contribution in [3.8, 4) is 0 Å². The Morgan fingerprint density at radius 2 is 2.03 bits per heavy atom. The lowest BCUT2D eigenvalue weighted by Gasteiger charge is -2.24. The van der Waals surface area contributed by atoms with Crippen molar-refractivity contribution >= 4 is 39.2 Å². The van der Waals surface area contributed by atoms with Crippen LogP contribution in [0.4, 0.5) is 8.78 Å². The average Bonchev–Trinajstić information content (AvgIpc) is 3.45. The number of fused-ring (bicyclic) bond motifs is 1. The van der Waals surface area contributed by atoms with Crippen molar-refractivity contribution in [3.63, 3.8) is 0 Å². The standard InChI is InChI=1S/C23H23F2N3O3S/c1-13-4-3-5-15(21(13)25)9-26-22(31)19-8-16(24)10-28(19)20(30)12-27-11-18(14(2)29)17-6-7-32-23(17)27/h3-7,11,16,19H,8-10,12H2,1-2H3,(H,26,31)/t16-,19+/m1/s1. The highest BCUT2D eigenvalue weighted by atomic mass is 32.1. The van der Waals surface area contributed by atoms with Crippen LogP contribution in [0.1, 0.15) is 34.8 Å². The van der Waals surface area contributed by atoms with Crippen LogP contribution < -0.4 is 5.32 Å². The van der Waals surface area contributed by atoms with Crippen LogP contribution in [0, 0.1) is 12.7 Å². The van der Waals surface area contributed by atoms with Gasteiger partial charge in [0.2, 0.25) is 11.8 Å². The largest absolute Gasteiger partial charge is 0.350 e. The molecule has 32 heavy (non-hydrogen) atoms. The number of nitrogens with one attached hydrogen (secondary N) is 1.